The Balaban J connectivity index is 2.30. The second-order valence-corrected chi connectivity index (χ2v) is 5.97. The third-order valence-electron chi connectivity index (χ3n) is 3.27. The van der Waals surface area contributed by atoms with E-state index in [0.29, 0.717) is 5.02 Å². The summed E-state index contributed by atoms with van der Waals surface area (Å²) in [4.78, 5) is 0. The lowest BCUT2D eigenvalue weighted by atomic mass is 9.92. The fraction of sp³-hybridized carbons (Fsp3) is 0.250. The van der Waals surface area contributed by atoms with Gasteiger partial charge in [-0.1, -0.05) is 53.0 Å². The minimum atomic E-state index is 0.254. The van der Waals surface area contributed by atoms with Gasteiger partial charge in [0.1, 0.15) is 0 Å². The Morgan fingerprint density at radius 3 is 2.45 bits per heavy atom. The maximum Gasteiger partial charge on any atom is 0.0441 e. The Kier molecular flexibility index (Phi) is 5.74. The number of halogens is 3. The first-order valence-corrected chi connectivity index (χ1v) is 7.58. The number of rotatable bonds is 5. The molecule has 0 radical (unpaired) electrons. The van der Waals surface area contributed by atoms with E-state index in [1.807, 2.05) is 37.4 Å². The topological polar surface area (TPSA) is 12.0 Å². The molecule has 0 amide bonds. The molecule has 1 nitrogen and oxygen atoms in total. The molecule has 0 bridgehead atoms. The van der Waals surface area contributed by atoms with Crippen LogP contribution in [-0.2, 0) is 6.42 Å². The van der Waals surface area contributed by atoms with Crippen molar-refractivity contribution in [1.82, 2.24) is 5.32 Å². The molecule has 2 aromatic rings. The summed E-state index contributed by atoms with van der Waals surface area (Å²) >= 11 is 18.6. The molecule has 1 atom stereocenters. The zero-order valence-electron chi connectivity index (χ0n) is 11.2. The van der Waals surface area contributed by atoms with E-state index in [4.69, 9.17) is 34.8 Å². The number of hydrogen-bond acceptors (Lipinski definition) is 1. The summed E-state index contributed by atoms with van der Waals surface area (Å²) in [5, 5.41) is 5.44. The van der Waals surface area contributed by atoms with Gasteiger partial charge in [-0.3, -0.25) is 0 Å². The van der Waals surface area contributed by atoms with Crippen molar-refractivity contribution in [1.29, 1.82) is 0 Å². The Morgan fingerprint density at radius 1 is 1.00 bits per heavy atom. The average molecular weight is 329 g/mol. The molecular weight excluding hydrogens is 313 g/mol. The van der Waals surface area contributed by atoms with Gasteiger partial charge in [-0.05, 0) is 48.9 Å². The summed E-state index contributed by atoms with van der Waals surface area (Å²) in [5.41, 5.74) is 2.17. The largest absolute Gasteiger partial charge is 0.319 e. The summed E-state index contributed by atoms with van der Waals surface area (Å²) in [6, 6.07) is 13.5. The molecule has 0 saturated heterocycles. The van der Waals surface area contributed by atoms with E-state index in [9.17, 15) is 0 Å². The van der Waals surface area contributed by atoms with Gasteiger partial charge in [-0.15, -0.1) is 0 Å². The fourth-order valence-electron chi connectivity index (χ4n) is 2.31. The van der Waals surface area contributed by atoms with Crippen LogP contribution in [0.4, 0.5) is 0 Å². The summed E-state index contributed by atoms with van der Waals surface area (Å²) < 4.78 is 0. The standard InChI is InChI=1S/C16H16Cl3N/c1-20-10-12(14-4-2-3-5-16(14)19)8-11-9-13(17)6-7-15(11)18/h2-7,9,12,20H,8,10H2,1H3. The van der Waals surface area contributed by atoms with Gasteiger partial charge in [-0.25, -0.2) is 0 Å². The van der Waals surface area contributed by atoms with Gasteiger partial charge in [0, 0.05) is 27.5 Å². The van der Waals surface area contributed by atoms with Crippen LogP contribution >= 0.6 is 34.8 Å². The highest BCUT2D eigenvalue weighted by Gasteiger charge is 2.16. The van der Waals surface area contributed by atoms with Crippen LogP contribution in [0.3, 0.4) is 0 Å². The molecule has 2 rings (SSSR count). The maximum absolute atomic E-state index is 6.31. The van der Waals surface area contributed by atoms with Gasteiger partial charge in [0.2, 0.25) is 0 Å². The van der Waals surface area contributed by atoms with Crippen LogP contribution in [0.5, 0.6) is 0 Å². The summed E-state index contributed by atoms with van der Waals surface area (Å²) in [5.74, 6) is 0.254. The molecule has 0 spiro atoms. The van der Waals surface area contributed by atoms with Crippen molar-refractivity contribution >= 4 is 34.8 Å². The predicted molar refractivity (Wildman–Crippen MR) is 88.3 cm³/mol. The number of likely N-dealkylation sites (N-methyl/N-ethyl adjacent to an activating group) is 1. The molecule has 0 saturated carbocycles. The summed E-state index contributed by atoms with van der Waals surface area (Å²) in [6.07, 6.45) is 0.796. The lowest BCUT2D eigenvalue weighted by Crippen LogP contribution is -2.19. The lowest BCUT2D eigenvalue weighted by Gasteiger charge is -2.19. The van der Waals surface area contributed by atoms with Crippen LogP contribution in [-0.4, -0.2) is 13.6 Å². The van der Waals surface area contributed by atoms with Crippen LogP contribution in [0.2, 0.25) is 15.1 Å². The molecule has 20 heavy (non-hydrogen) atoms. The number of benzene rings is 2. The molecule has 0 heterocycles. The smallest absolute Gasteiger partial charge is 0.0441 e. The zero-order valence-corrected chi connectivity index (χ0v) is 13.4. The van der Waals surface area contributed by atoms with Gasteiger partial charge < -0.3 is 5.32 Å². The van der Waals surface area contributed by atoms with Gasteiger partial charge >= 0.3 is 0 Å². The normalized spacial score (nSPS) is 12.4. The monoisotopic (exact) mass is 327 g/mol. The Bertz CT molecular complexity index is 584. The fourth-order valence-corrected chi connectivity index (χ4v) is 2.99. The molecule has 0 aliphatic carbocycles. The van der Waals surface area contributed by atoms with Gasteiger partial charge in [-0.2, -0.15) is 0 Å². The highest BCUT2D eigenvalue weighted by molar-refractivity contribution is 6.33. The molecule has 0 aliphatic rings. The molecule has 1 N–H and O–H groups in total. The van der Waals surface area contributed by atoms with Crippen molar-refractivity contribution < 1.29 is 0 Å². The average Bonchev–Trinajstić information content (AvgIpc) is 2.43. The van der Waals surface area contributed by atoms with Crippen molar-refractivity contribution in [3.63, 3.8) is 0 Å². The van der Waals surface area contributed by atoms with Crippen LogP contribution in [0, 0.1) is 0 Å². The first kappa shape index (κ1) is 15.7. The molecule has 0 aromatic heterocycles. The zero-order chi connectivity index (χ0) is 14.5. The van der Waals surface area contributed by atoms with Crippen LogP contribution in [0.25, 0.3) is 0 Å². The number of nitrogens with one attached hydrogen (secondary N) is 1. The van der Waals surface area contributed by atoms with E-state index >= 15 is 0 Å². The van der Waals surface area contributed by atoms with Gasteiger partial charge in [0.25, 0.3) is 0 Å². The van der Waals surface area contributed by atoms with Crippen LogP contribution in [0.1, 0.15) is 17.0 Å². The quantitative estimate of drug-likeness (QED) is 0.796. The first-order valence-electron chi connectivity index (χ1n) is 6.44. The molecule has 0 aliphatic heterocycles. The molecular formula is C16H16Cl3N. The summed E-state index contributed by atoms with van der Waals surface area (Å²) in [6.45, 7) is 0.826. The lowest BCUT2D eigenvalue weighted by molar-refractivity contribution is 0.626. The van der Waals surface area contributed by atoms with Crippen molar-refractivity contribution in [2.24, 2.45) is 0 Å². The van der Waals surface area contributed by atoms with Crippen LogP contribution < -0.4 is 5.32 Å². The third kappa shape index (κ3) is 3.89. The highest BCUT2D eigenvalue weighted by Crippen LogP contribution is 2.30. The van der Waals surface area contributed by atoms with E-state index in [1.165, 1.54) is 0 Å². The molecule has 4 heteroatoms. The van der Waals surface area contributed by atoms with Crippen molar-refractivity contribution in [2.45, 2.75) is 12.3 Å². The molecule has 0 fully saturated rings. The van der Waals surface area contributed by atoms with E-state index in [1.54, 1.807) is 6.07 Å². The van der Waals surface area contributed by atoms with Crippen molar-refractivity contribution in [3.8, 4) is 0 Å². The minimum absolute atomic E-state index is 0.254. The van der Waals surface area contributed by atoms with Crippen molar-refractivity contribution in [2.75, 3.05) is 13.6 Å². The minimum Gasteiger partial charge on any atom is -0.319 e. The molecule has 2 aromatic carbocycles. The van der Waals surface area contributed by atoms with E-state index in [-0.39, 0.29) is 5.92 Å². The van der Waals surface area contributed by atoms with Gasteiger partial charge in [0.15, 0.2) is 0 Å². The second-order valence-electron chi connectivity index (χ2n) is 4.72. The van der Waals surface area contributed by atoms with E-state index in [0.717, 1.165) is 34.1 Å². The second kappa shape index (κ2) is 7.33. The Morgan fingerprint density at radius 2 is 1.75 bits per heavy atom. The van der Waals surface area contributed by atoms with Gasteiger partial charge in [0.05, 0.1) is 0 Å². The summed E-state index contributed by atoms with van der Waals surface area (Å²) in [7, 11) is 1.93. The maximum atomic E-state index is 6.31. The predicted octanol–water partition coefficient (Wildman–Crippen LogP) is 5.19. The Hall–Kier alpha value is -0.730. The number of hydrogen-bond donors (Lipinski definition) is 1. The van der Waals surface area contributed by atoms with Crippen LogP contribution in [0.15, 0.2) is 42.5 Å². The SMILES string of the molecule is CNCC(Cc1cc(Cl)ccc1Cl)c1ccccc1Cl. The molecule has 1 unspecified atom stereocenters. The van der Waals surface area contributed by atoms with E-state index < -0.39 is 0 Å². The van der Waals surface area contributed by atoms with E-state index in [2.05, 4.69) is 11.4 Å². The molecule has 106 valence electrons. The third-order valence-corrected chi connectivity index (χ3v) is 4.22. The van der Waals surface area contributed by atoms with Crippen molar-refractivity contribution in [3.05, 3.63) is 68.7 Å². The first-order chi connectivity index (χ1) is 9.61. The Labute approximate surface area is 134 Å². The highest BCUT2D eigenvalue weighted by atomic mass is 35.5.